The molecular weight excluding hydrogens is 348 g/mol. The summed E-state index contributed by atoms with van der Waals surface area (Å²) in [4.78, 5) is 23.1. The largest absolute Gasteiger partial charge is 0.463 e. The Hall–Kier alpha value is -3.42. The minimum Gasteiger partial charge on any atom is -0.463 e. The highest BCUT2D eigenvalue weighted by atomic mass is 16.6. The minimum atomic E-state index is -0.472. The van der Waals surface area contributed by atoms with E-state index in [1.165, 1.54) is 23.1 Å². The summed E-state index contributed by atoms with van der Waals surface area (Å²) in [6.07, 6.45) is 2.39. The van der Waals surface area contributed by atoms with Crippen LogP contribution in [0, 0.1) is 16.0 Å². The van der Waals surface area contributed by atoms with Gasteiger partial charge in [0.2, 0.25) is 0 Å². The molecule has 0 radical (unpaired) electrons. The van der Waals surface area contributed by atoms with Crippen molar-refractivity contribution in [3.8, 4) is 17.1 Å². The first-order valence-electron chi connectivity index (χ1n) is 8.62. The van der Waals surface area contributed by atoms with Crippen molar-refractivity contribution in [1.82, 2.24) is 15.1 Å². The molecule has 0 saturated carbocycles. The maximum absolute atomic E-state index is 12.7. The van der Waals surface area contributed by atoms with Gasteiger partial charge in [-0.25, -0.2) is 4.68 Å². The fraction of sp³-hybridized carbons (Fsp3) is 0.263. The van der Waals surface area contributed by atoms with Gasteiger partial charge in [0.1, 0.15) is 11.4 Å². The van der Waals surface area contributed by atoms with Crippen LogP contribution >= 0.6 is 0 Å². The van der Waals surface area contributed by atoms with Crippen LogP contribution in [-0.2, 0) is 0 Å². The molecule has 2 aromatic heterocycles. The Morgan fingerprint density at radius 3 is 2.63 bits per heavy atom. The Morgan fingerprint density at radius 2 is 2.04 bits per heavy atom. The first kappa shape index (κ1) is 18.4. The van der Waals surface area contributed by atoms with Crippen molar-refractivity contribution >= 4 is 11.6 Å². The number of rotatable bonds is 7. The maximum Gasteiger partial charge on any atom is 0.270 e. The normalized spacial score (nSPS) is 10.9. The molecule has 0 bridgehead atoms. The summed E-state index contributed by atoms with van der Waals surface area (Å²) in [5.74, 6) is 0.745. The summed E-state index contributed by atoms with van der Waals surface area (Å²) < 4.78 is 6.83. The molecule has 0 aliphatic carbocycles. The zero-order valence-electron chi connectivity index (χ0n) is 15.1. The third-order valence-electron chi connectivity index (χ3n) is 4.03. The summed E-state index contributed by atoms with van der Waals surface area (Å²) in [7, 11) is 0. The molecule has 27 heavy (non-hydrogen) atoms. The van der Waals surface area contributed by atoms with Crippen LogP contribution in [0.1, 0.15) is 30.8 Å². The Kier molecular flexibility index (Phi) is 5.35. The van der Waals surface area contributed by atoms with Crippen LogP contribution in [0.15, 0.2) is 53.1 Å². The van der Waals surface area contributed by atoms with Crippen molar-refractivity contribution in [2.45, 2.75) is 20.3 Å². The first-order valence-corrected chi connectivity index (χ1v) is 8.62. The molecule has 1 aromatic carbocycles. The zero-order chi connectivity index (χ0) is 19.4. The molecule has 0 unspecified atom stereocenters. The number of aromatic nitrogens is 2. The van der Waals surface area contributed by atoms with Crippen molar-refractivity contribution in [3.63, 3.8) is 0 Å². The monoisotopic (exact) mass is 368 g/mol. The fourth-order valence-electron chi connectivity index (χ4n) is 2.56. The Balaban J connectivity index is 1.95. The van der Waals surface area contributed by atoms with Gasteiger partial charge in [-0.3, -0.25) is 14.9 Å². The summed E-state index contributed by atoms with van der Waals surface area (Å²) in [6.45, 7) is 4.72. The predicted octanol–water partition coefficient (Wildman–Crippen LogP) is 3.82. The number of furan rings is 1. The number of hydrogen-bond acceptors (Lipinski definition) is 5. The lowest BCUT2D eigenvalue weighted by Gasteiger charge is -2.09. The van der Waals surface area contributed by atoms with E-state index in [-0.39, 0.29) is 11.6 Å². The molecular formula is C19H20N4O4. The van der Waals surface area contributed by atoms with E-state index in [0.717, 1.165) is 6.42 Å². The highest BCUT2D eigenvalue weighted by Gasteiger charge is 2.19. The number of carbonyl (C=O) groups excluding carboxylic acids is 1. The maximum atomic E-state index is 12.7. The van der Waals surface area contributed by atoms with Gasteiger partial charge in [-0.1, -0.05) is 13.8 Å². The molecule has 0 aliphatic rings. The van der Waals surface area contributed by atoms with E-state index in [1.54, 1.807) is 30.3 Å². The number of benzene rings is 1. The van der Waals surface area contributed by atoms with E-state index in [1.807, 2.05) is 0 Å². The van der Waals surface area contributed by atoms with Gasteiger partial charge in [0.15, 0.2) is 5.76 Å². The highest BCUT2D eigenvalue weighted by Crippen LogP contribution is 2.23. The molecule has 3 rings (SSSR count). The van der Waals surface area contributed by atoms with Crippen molar-refractivity contribution in [2.24, 2.45) is 5.92 Å². The van der Waals surface area contributed by atoms with Crippen molar-refractivity contribution in [3.05, 3.63) is 64.5 Å². The van der Waals surface area contributed by atoms with Crippen LogP contribution in [0.3, 0.4) is 0 Å². The minimum absolute atomic E-state index is 0.0277. The zero-order valence-corrected chi connectivity index (χ0v) is 15.1. The van der Waals surface area contributed by atoms with Gasteiger partial charge in [0.05, 0.1) is 16.9 Å². The summed E-state index contributed by atoms with van der Waals surface area (Å²) >= 11 is 0. The van der Waals surface area contributed by atoms with E-state index in [2.05, 4.69) is 24.3 Å². The molecule has 1 N–H and O–H groups in total. The van der Waals surface area contributed by atoms with Crippen LogP contribution in [0.2, 0.25) is 0 Å². The number of hydrogen-bond donors (Lipinski definition) is 1. The predicted molar refractivity (Wildman–Crippen MR) is 99.7 cm³/mol. The molecule has 3 aromatic rings. The number of amides is 1. The number of nitrogens with zero attached hydrogens (tertiary/aromatic N) is 3. The molecule has 0 atom stereocenters. The van der Waals surface area contributed by atoms with Gasteiger partial charge in [-0.15, -0.1) is 0 Å². The lowest BCUT2D eigenvalue weighted by molar-refractivity contribution is -0.384. The SMILES string of the molecule is CC(C)CCNC(=O)c1cc(-c2ccco2)nn1-c1ccc([N+](=O)[O-])cc1. The van der Waals surface area contributed by atoms with Crippen LogP contribution in [0.5, 0.6) is 0 Å². The van der Waals surface area contributed by atoms with E-state index >= 15 is 0 Å². The van der Waals surface area contributed by atoms with Crippen molar-refractivity contribution in [1.29, 1.82) is 0 Å². The first-order chi connectivity index (χ1) is 13.0. The molecule has 0 aliphatic heterocycles. The van der Waals surface area contributed by atoms with Crippen LogP contribution < -0.4 is 5.32 Å². The lowest BCUT2D eigenvalue weighted by Crippen LogP contribution is -2.27. The van der Waals surface area contributed by atoms with Crippen LogP contribution in [-0.4, -0.2) is 27.2 Å². The average Bonchev–Trinajstić information content (AvgIpc) is 3.31. The van der Waals surface area contributed by atoms with Gasteiger partial charge in [-0.2, -0.15) is 5.10 Å². The lowest BCUT2D eigenvalue weighted by atomic mass is 10.1. The van der Waals surface area contributed by atoms with Gasteiger partial charge < -0.3 is 9.73 Å². The number of nitro benzene ring substituents is 1. The van der Waals surface area contributed by atoms with Crippen molar-refractivity contribution in [2.75, 3.05) is 6.54 Å². The Labute approximate surface area is 156 Å². The molecule has 0 saturated heterocycles. The second-order valence-electron chi connectivity index (χ2n) is 6.52. The topological polar surface area (TPSA) is 103 Å². The molecule has 0 spiro atoms. The summed E-state index contributed by atoms with van der Waals surface area (Å²) in [5, 5.41) is 18.2. The molecule has 2 heterocycles. The number of nitro groups is 1. The Morgan fingerprint density at radius 1 is 1.30 bits per heavy atom. The van der Waals surface area contributed by atoms with Gasteiger partial charge >= 0.3 is 0 Å². The fourth-order valence-corrected chi connectivity index (χ4v) is 2.56. The standard InChI is InChI=1S/C19H20N4O4/c1-13(2)9-10-20-19(24)17-12-16(18-4-3-11-27-18)21-22(17)14-5-7-15(8-6-14)23(25)26/h3-8,11-13H,9-10H2,1-2H3,(H,20,24). The van der Waals surface area contributed by atoms with Gasteiger partial charge in [0, 0.05) is 24.7 Å². The number of non-ortho nitro benzene ring substituents is 1. The smallest absolute Gasteiger partial charge is 0.270 e. The number of nitrogens with one attached hydrogen (secondary N) is 1. The van der Waals surface area contributed by atoms with Crippen LogP contribution in [0.4, 0.5) is 5.69 Å². The molecule has 8 nitrogen and oxygen atoms in total. The third-order valence-corrected chi connectivity index (χ3v) is 4.03. The number of carbonyl (C=O) groups is 1. The van der Waals surface area contributed by atoms with E-state index in [9.17, 15) is 14.9 Å². The second kappa shape index (κ2) is 7.86. The van der Waals surface area contributed by atoms with Crippen LogP contribution in [0.25, 0.3) is 17.1 Å². The van der Waals surface area contributed by atoms with E-state index in [0.29, 0.717) is 35.3 Å². The molecule has 1 amide bonds. The summed E-state index contributed by atoms with van der Waals surface area (Å²) in [6, 6.07) is 11.0. The molecule has 8 heteroatoms. The quantitative estimate of drug-likeness (QED) is 0.504. The van der Waals surface area contributed by atoms with E-state index in [4.69, 9.17) is 4.42 Å². The van der Waals surface area contributed by atoms with Gasteiger partial charge in [-0.05, 0) is 36.6 Å². The Bertz CT molecular complexity index is 927. The van der Waals surface area contributed by atoms with Gasteiger partial charge in [0.25, 0.3) is 11.6 Å². The van der Waals surface area contributed by atoms with Crippen molar-refractivity contribution < 1.29 is 14.1 Å². The third kappa shape index (κ3) is 4.22. The van der Waals surface area contributed by atoms with E-state index < -0.39 is 4.92 Å². The molecule has 140 valence electrons. The summed E-state index contributed by atoms with van der Waals surface area (Å²) in [5.41, 5.74) is 1.36. The molecule has 0 fully saturated rings. The second-order valence-corrected chi connectivity index (χ2v) is 6.52. The highest BCUT2D eigenvalue weighted by molar-refractivity contribution is 5.94. The average molecular weight is 368 g/mol.